The largest absolute Gasteiger partial charge is 0.349 e. The average molecular weight is 429 g/mol. The predicted octanol–water partition coefficient (Wildman–Crippen LogP) is 3.90. The molecule has 0 atom stereocenters. The molecule has 8 heteroatoms. The Morgan fingerprint density at radius 3 is 2.33 bits per heavy atom. The summed E-state index contributed by atoms with van der Waals surface area (Å²) in [6, 6.07) is 14.2. The summed E-state index contributed by atoms with van der Waals surface area (Å²) < 4.78 is 25.4. The Bertz CT molecular complexity index is 916. The highest BCUT2D eigenvalue weighted by molar-refractivity contribution is 7.92. The van der Waals surface area contributed by atoms with Crippen molar-refractivity contribution in [2.24, 2.45) is 0 Å². The van der Waals surface area contributed by atoms with Crippen molar-refractivity contribution in [3.63, 3.8) is 0 Å². The van der Waals surface area contributed by atoms with Crippen LogP contribution in [-0.4, -0.2) is 32.7 Å². The lowest BCUT2D eigenvalue weighted by atomic mass is 9.95. The number of nitrogens with one attached hydrogen (secondary N) is 1. The summed E-state index contributed by atoms with van der Waals surface area (Å²) in [5, 5.41) is 3.41. The maximum atomic E-state index is 12.6. The zero-order valence-corrected chi connectivity index (χ0v) is 17.7. The molecular formula is C19H22Cl2N2O3S. The van der Waals surface area contributed by atoms with Gasteiger partial charge in [0.05, 0.1) is 17.0 Å². The molecular weight excluding hydrogens is 407 g/mol. The van der Waals surface area contributed by atoms with Crippen LogP contribution in [-0.2, 0) is 21.2 Å². The van der Waals surface area contributed by atoms with Gasteiger partial charge in [0.15, 0.2) is 0 Å². The van der Waals surface area contributed by atoms with E-state index in [1.807, 2.05) is 44.2 Å². The number of carbonyl (C=O) groups excluding carboxylic acids is 1. The first kappa shape index (κ1) is 21.5. The van der Waals surface area contributed by atoms with Crippen molar-refractivity contribution in [3.05, 3.63) is 64.1 Å². The molecule has 0 fully saturated rings. The number of hydrogen-bond donors (Lipinski definition) is 1. The van der Waals surface area contributed by atoms with Crippen molar-refractivity contribution in [3.8, 4) is 0 Å². The van der Waals surface area contributed by atoms with Gasteiger partial charge in [-0.25, -0.2) is 8.42 Å². The van der Waals surface area contributed by atoms with Crippen LogP contribution in [0.2, 0.25) is 10.0 Å². The van der Waals surface area contributed by atoms with Crippen molar-refractivity contribution in [2.75, 3.05) is 17.1 Å². The summed E-state index contributed by atoms with van der Waals surface area (Å²) in [6.45, 7) is 3.38. The van der Waals surface area contributed by atoms with Crippen LogP contribution < -0.4 is 9.62 Å². The molecule has 5 nitrogen and oxygen atoms in total. The van der Waals surface area contributed by atoms with Gasteiger partial charge in [-0.05, 0) is 44.0 Å². The molecule has 0 radical (unpaired) electrons. The Labute approximate surface area is 170 Å². The zero-order valence-electron chi connectivity index (χ0n) is 15.4. The van der Waals surface area contributed by atoms with Gasteiger partial charge in [-0.1, -0.05) is 53.5 Å². The SMILES string of the molecule is CC(C)(Cc1ccccc1)NC(=O)CN(c1cc(Cl)ccc1Cl)S(C)(=O)=O. The van der Waals surface area contributed by atoms with Crippen molar-refractivity contribution >= 4 is 44.8 Å². The van der Waals surface area contributed by atoms with Gasteiger partial charge < -0.3 is 5.32 Å². The monoisotopic (exact) mass is 428 g/mol. The van der Waals surface area contributed by atoms with E-state index in [0.717, 1.165) is 16.1 Å². The highest BCUT2D eigenvalue weighted by Crippen LogP contribution is 2.30. The van der Waals surface area contributed by atoms with Crippen molar-refractivity contribution in [2.45, 2.75) is 25.8 Å². The Balaban J connectivity index is 2.18. The van der Waals surface area contributed by atoms with Gasteiger partial charge in [0.2, 0.25) is 15.9 Å². The van der Waals surface area contributed by atoms with Crippen LogP contribution in [0.15, 0.2) is 48.5 Å². The van der Waals surface area contributed by atoms with Crippen molar-refractivity contribution in [1.29, 1.82) is 0 Å². The van der Waals surface area contributed by atoms with Gasteiger partial charge in [0.1, 0.15) is 6.54 Å². The second kappa shape index (κ2) is 8.50. The fraction of sp³-hybridized carbons (Fsp3) is 0.316. The van der Waals surface area contributed by atoms with Crippen LogP contribution in [0.4, 0.5) is 5.69 Å². The van der Waals surface area contributed by atoms with Crippen molar-refractivity contribution < 1.29 is 13.2 Å². The minimum atomic E-state index is -3.74. The van der Waals surface area contributed by atoms with E-state index in [0.29, 0.717) is 11.4 Å². The Hall–Kier alpha value is -1.76. The number of amides is 1. The molecule has 2 aromatic rings. The molecule has 0 unspecified atom stereocenters. The highest BCUT2D eigenvalue weighted by Gasteiger charge is 2.27. The summed E-state index contributed by atoms with van der Waals surface area (Å²) in [5.41, 5.74) is 0.683. The Kier molecular flexibility index (Phi) is 6.78. The van der Waals surface area contributed by atoms with E-state index in [1.54, 1.807) is 6.07 Å². The topological polar surface area (TPSA) is 66.5 Å². The number of nitrogens with zero attached hydrogens (tertiary/aromatic N) is 1. The lowest BCUT2D eigenvalue weighted by molar-refractivity contribution is -0.121. The third kappa shape index (κ3) is 6.41. The molecule has 0 aromatic heterocycles. The summed E-state index contributed by atoms with van der Waals surface area (Å²) in [5.74, 6) is -0.433. The van der Waals surface area contributed by atoms with E-state index in [1.165, 1.54) is 12.1 Å². The second-order valence-corrected chi connectivity index (χ2v) is 9.71. The number of halogens is 2. The zero-order chi connectivity index (χ0) is 20.2. The molecule has 0 spiro atoms. The number of hydrogen-bond acceptors (Lipinski definition) is 3. The van der Waals surface area contributed by atoms with Gasteiger partial charge in [-0.2, -0.15) is 0 Å². The number of sulfonamides is 1. The number of benzene rings is 2. The first-order valence-electron chi connectivity index (χ1n) is 8.26. The van der Waals surface area contributed by atoms with E-state index in [9.17, 15) is 13.2 Å². The average Bonchev–Trinajstić information content (AvgIpc) is 2.54. The smallest absolute Gasteiger partial charge is 0.241 e. The molecule has 1 amide bonds. The van der Waals surface area contributed by atoms with E-state index < -0.39 is 28.0 Å². The summed E-state index contributed by atoms with van der Waals surface area (Å²) in [4.78, 5) is 12.6. The maximum Gasteiger partial charge on any atom is 0.241 e. The number of rotatable bonds is 7. The molecule has 0 saturated carbocycles. The fourth-order valence-corrected chi connectivity index (χ4v) is 4.05. The second-order valence-electron chi connectivity index (χ2n) is 6.96. The van der Waals surface area contributed by atoms with Gasteiger partial charge in [0, 0.05) is 10.6 Å². The van der Waals surface area contributed by atoms with Gasteiger partial charge in [-0.15, -0.1) is 0 Å². The van der Waals surface area contributed by atoms with Crippen LogP contribution in [0.25, 0.3) is 0 Å². The molecule has 0 aliphatic rings. The molecule has 0 bridgehead atoms. The van der Waals surface area contributed by atoms with Gasteiger partial charge in [-0.3, -0.25) is 9.10 Å². The van der Waals surface area contributed by atoms with Gasteiger partial charge in [0.25, 0.3) is 0 Å². The number of anilines is 1. The first-order valence-corrected chi connectivity index (χ1v) is 10.9. The highest BCUT2D eigenvalue weighted by atomic mass is 35.5. The lowest BCUT2D eigenvalue weighted by Crippen LogP contribution is -2.50. The maximum absolute atomic E-state index is 12.6. The summed E-state index contributed by atoms with van der Waals surface area (Å²) in [7, 11) is -3.74. The molecule has 146 valence electrons. The van der Waals surface area contributed by atoms with Crippen LogP contribution in [0, 0.1) is 0 Å². The summed E-state index contributed by atoms with van der Waals surface area (Å²) >= 11 is 12.1. The number of carbonyl (C=O) groups is 1. The molecule has 0 aliphatic heterocycles. The van der Waals surface area contributed by atoms with E-state index in [-0.39, 0.29) is 10.7 Å². The third-order valence-corrected chi connectivity index (χ3v) is 5.51. The van der Waals surface area contributed by atoms with Crippen LogP contribution in [0.5, 0.6) is 0 Å². The Morgan fingerprint density at radius 2 is 1.74 bits per heavy atom. The Morgan fingerprint density at radius 1 is 1.11 bits per heavy atom. The molecule has 0 saturated heterocycles. The molecule has 2 rings (SSSR count). The molecule has 27 heavy (non-hydrogen) atoms. The third-order valence-electron chi connectivity index (χ3n) is 3.83. The molecule has 0 aliphatic carbocycles. The molecule has 0 heterocycles. The first-order chi connectivity index (χ1) is 12.5. The predicted molar refractivity (Wildman–Crippen MR) is 111 cm³/mol. The molecule has 1 N–H and O–H groups in total. The lowest BCUT2D eigenvalue weighted by Gasteiger charge is -2.29. The minimum absolute atomic E-state index is 0.169. The normalized spacial score (nSPS) is 11.9. The minimum Gasteiger partial charge on any atom is -0.349 e. The standard InChI is InChI=1S/C19H22Cl2N2O3S/c1-19(2,12-14-7-5-4-6-8-14)22-18(24)13-23(27(3,25)26)17-11-15(20)9-10-16(17)21/h4-11H,12-13H2,1-3H3,(H,22,24). The quantitative estimate of drug-likeness (QED) is 0.726. The van der Waals surface area contributed by atoms with E-state index >= 15 is 0 Å². The van der Waals surface area contributed by atoms with Crippen molar-refractivity contribution in [1.82, 2.24) is 5.32 Å². The van der Waals surface area contributed by atoms with E-state index in [2.05, 4.69) is 5.32 Å². The summed E-state index contributed by atoms with van der Waals surface area (Å²) in [6.07, 6.45) is 1.63. The van der Waals surface area contributed by atoms with Crippen LogP contribution >= 0.6 is 23.2 Å². The van der Waals surface area contributed by atoms with Crippen LogP contribution in [0.1, 0.15) is 19.4 Å². The van der Waals surface area contributed by atoms with E-state index in [4.69, 9.17) is 23.2 Å². The fourth-order valence-electron chi connectivity index (χ4n) is 2.76. The van der Waals surface area contributed by atoms with Gasteiger partial charge >= 0.3 is 0 Å². The molecule has 2 aromatic carbocycles. The van der Waals surface area contributed by atoms with Crippen LogP contribution in [0.3, 0.4) is 0 Å².